The molecule has 3 nitrogen and oxygen atoms in total. The molecular weight excluding hydrogens is 335 g/mol. The quantitative estimate of drug-likeness (QED) is 0.850. The molecule has 0 aromatic heterocycles. The topological polar surface area (TPSA) is 33.5 Å². The van der Waals surface area contributed by atoms with Crippen molar-refractivity contribution < 1.29 is 14.1 Å². The Morgan fingerprint density at radius 1 is 1.24 bits per heavy atom. The van der Waals surface area contributed by atoms with Gasteiger partial charge in [0, 0.05) is 15.7 Å². The van der Waals surface area contributed by atoms with Crippen molar-refractivity contribution in [3.63, 3.8) is 0 Å². The summed E-state index contributed by atoms with van der Waals surface area (Å²) in [5, 5.41) is 2.83. The third-order valence-electron chi connectivity index (χ3n) is 3.02. The third kappa shape index (κ3) is 4.95. The summed E-state index contributed by atoms with van der Waals surface area (Å²) in [5.41, 5.74) is 1.36. The van der Waals surface area contributed by atoms with Gasteiger partial charge in [0.2, 0.25) is 0 Å². The second-order valence-corrected chi connectivity index (χ2v) is 5.88. The number of carbonyl (C=O) groups is 1. The molecule has 2 N–H and O–H groups in total. The van der Waals surface area contributed by atoms with E-state index < -0.39 is 0 Å². The molecule has 0 saturated heterocycles. The van der Waals surface area contributed by atoms with E-state index in [1.165, 1.54) is 6.07 Å². The second kappa shape index (κ2) is 7.33. The Kier molecular flexibility index (Phi) is 5.47. The van der Waals surface area contributed by atoms with Crippen LogP contribution >= 0.6 is 15.9 Å². The van der Waals surface area contributed by atoms with Crippen LogP contribution in [0.2, 0.25) is 0 Å². The molecule has 110 valence electrons. The van der Waals surface area contributed by atoms with E-state index in [0.29, 0.717) is 12.1 Å². The maximum atomic E-state index is 13.6. The second-order valence-electron chi connectivity index (χ2n) is 4.96. The highest BCUT2D eigenvalue weighted by Gasteiger charge is 2.12. The molecule has 1 atom stereocenters. The maximum absolute atomic E-state index is 13.6. The molecular formula is C16H17BrFN2O+. The molecule has 0 aliphatic heterocycles. The zero-order chi connectivity index (χ0) is 15.2. The Morgan fingerprint density at radius 3 is 2.71 bits per heavy atom. The Hall–Kier alpha value is -1.72. The van der Waals surface area contributed by atoms with Crippen LogP contribution in [-0.4, -0.2) is 19.5 Å². The Morgan fingerprint density at radius 2 is 2.00 bits per heavy atom. The summed E-state index contributed by atoms with van der Waals surface area (Å²) < 4.78 is 14.5. The van der Waals surface area contributed by atoms with Crippen LogP contribution < -0.4 is 10.2 Å². The van der Waals surface area contributed by atoms with Crippen LogP contribution in [0.1, 0.15) is 5.56 Å². The molecule has 0 aliphatic carbocycles. The molecule has 2 aromatic carbocycles. The van der Waals surface area contributed by atoms with E-state index in [4.69, 9.17) is 0 Å². The van der Waals surface area contributed by atoms with E-state index in [1.807, 2.05) is 31.3 Å². The van der Waals surface area contributed by atoms with E-state index >= 15 is 0 Å². The summed E-state index contributed by atoms with van der Waals surface area (Å²) in [6.07, 6.45) is 0. The van der Waals surface area contributed by atoms with Gasteiger partial charge in [-0.25, -0.2) is 4.39 Å². The van der Waals surface area contributed by atoms with E-state index in [9.17, 15) is 9.18 Å². The highest BCUT2D eigenvalue weighted by atomic mass is 79.9. The normalized spacial score (nSPS) is 12.0. The zero-order valence-corrected chi connectivity index (χ0v) is 13.3. The molecule has 0 radical (unpaired) electrons. The number of quaternary nitrogens is 1. The number of hydrogen-bond acceptors (Lipinski definition) is 1. The summed E-state index contributed by atoms with van der Waals surface area (Å²) in [5.74, 6) is -0.328. The largest absolute Gasteiger partial charge is 0.326 e. The molecule has 21 heavy (non-hydrogen) atoms. The summed E-state index contributed by atoms with van der Waals surface area (Å²) in [7, 11) is 1.87. The minimum atomic E-state index is -0.232. The van der Waals surface area contributed by atoms with E-state index in [2.05, 4.69) is 21.2 Å². The van der Waals surface area contributed by atoms with E-state index in [0.717, 1.165) is 15.1 Å². The molecule has 5 heteroatoms. The van der Waals surface area contributed by atoms with Gasteiger partial charge in [0.05, 0.1) is 7.05 Å². The van der Waals surface area contributed by atoms with Crippen molar-refractivity contribution in [3.05, 3.63) is 64.4 Å². The van der Waals surface area contributed by atoms with Crippen molar-refractivity contribution in [3.8, 4) is 0 Å². The van der Waals surface area contributed by atoms with Crippen molar-refractivity contribution in [1.82, 2.24) is 0 Å². The van der Waals surface area contributed by atoms with Gasteiger partial charge in [-0.15, -0.1) is 0 Å². The van der Waals surface area contributed by atoms with Gasteiger partial charge in [0.15, 0.2) is 6.54 Å². The number of nitrogens with one attached hydrogen (secondary N) is 2. The number of anilines is 1. The first-order valence-electron chi connectivity index (χ1n) is 6.65. The summed E-state index contributed by atoms with van der Waals surface area (Å²) in [6, 6.07) is 14.1. The molecule has 0 fully saturated rings. The summed E-state index contributed by atoms with van der Waals surface area (Å²) >= 11 is 3.36. The fourth-order valence-electron chi connectivity index (χ4n) is 2.07. The third-order valence-corrected chi connectivity index (χ3v) is 3.51. The SMILES string of the molecule is C[NH+](CC(=O)Nc1cccc(Br)c1)Cc1ccccc1F. The average molecular weight is 352 g/mol. The number of halogens is 2. The van der Waals surface area contributed by atoms with Crippen LogP contribution in [0.15, 0.2) is 53.0 Å². The zero-order valence-electron chi connectivity index (χ0n) is 11.7. The minimum Gasteiger partial charge on any atom is -0.326 e. The van der Waals surface area contributed by atoms with Gasteiger partial charge < -0.3 is 10.2 Å². The first kappa shape index (κ1) is 15.7. The van der Waals surface area contributed by atoms with Gasteiger partial charge in [-0.05, 0) is 24.3 Å². The number of likely N-dealkylation sites (N-methyl/N-ethyl adjacent to an activating group) is 1. The maximum Gasteiger partial charge on any atom is 0.279 e. The predicted octanol–water partition coefficient (Wildman–Crippen LogP) is 2.24. The predicted molar refractivity (Wildman–Crippen MR) is 84.6 cm³/mol. The number of benzene rings is 2. The minimum absolute atomic E-state index is 0.0954. The molecule has 0 heterocycles. The highest BCUT2D eigenvalue weighted by molar-refractivity contribution is 9.10. The van der Waals surface area contributed by atoms with Crippen molar-refractivity contribution in [2.45, 2.75) is 6.54 Å². The molecule has 2 aromatic rings. The number of carbonyl (C=O) groups excluding carboxylic acids is 1. The van der Waals surface area contributed by atoms with Gasteiger partial charge in [-0.2, -0.15) is 0 Å². The smallest absolute Gasteiger partial charge is 0.279 e. The van der Waals surface area contributed by atoms with Crippen molar-refractivity contribution >= 4 is 27.5 Å². The Labute approximate surface area is 131 Å². The summed E-state index contributed by atoms with van der Waals surface area (Å²) in [6.45, 7) is 0.749. The van der Waals surface area contributed by atoms with Crippen LogP contribution in [0.5, 0.6) is 0 Å². The molecule has 0 aliphatic rings. The average Bonchev–Trinajstić information content (AvgIpc) is 2.41. The van der Waals surface area contributed by atoms with Gasteiger partial charge in [0.1, 0.15) is 12.4 Å². The fraction of sp³-hybridized carbons (Fsp3) is 0.188. The number of amides is 1. The van der Waals surface area contributed by atoms with Crippen LogP contribution in [0.4, 0.5) is 10.1 Å². The molecule has 2 rings (SSSR count). The van der Waals surface area contributed by atoms with Crippen LogP contribution in [0.3, 0.4) is 0 Å². The fourth-order valence-corrected chi connectivity index (χ4v) is 2.47. The highest BCUT2D eigenvalue weighted by Crippen LogP contribution is 2.15. The summed E-state index contributed by atoms with van der Waals surface area (Å²) in [4.78, 5) is 12.9. The van der Waals surface area contributed by atoms with E-state index in [-0.39, 0.29) is 18.3 Å². The lowest BCUT2D eigenvalue weighted by molar-refractivity contribution is -0.885. The monoisotopic (exact) mass is 351 g/mol. The van der Waals surface area contributed by atoms with Gasteiger partial charge in [0.25, 0.3) is 5.91 Å². The van der Waals surface area contributed by atoms with E-state index in [1.54, 1.807) is 18.2 Å². The molecule has 1 unspecified atom stereocenters. The lowest BCUT2D eigenvalue weighted by atomic mass is 10.2. The lowest BCUT2D eigenvalue weighted by Gasteiger charge is -2.14. The van der Waals surface area contributed by atoms with Gasteiger partial charge in [-0.3, -0.25) is 4.79 Å². The number of rotatable bonds is 5. The standard InChI is InChI=1S/C16H16BrFN2O/c1-20(10-12-5-2-3-8-15(12)18)11-16(21)19-14-7-4-6-13(17)9-14/h2-9H,10-11H2,1H3,(H,19,21)/p+1. The van der Waals surface area contributed by atoms with Crippen molar-refractivity contribution in [2.24, 2.45) is 0 Å². The molecule has 0 saturated carbocycles. The van der Waals surface area contributed by atoms with Gasteiger partial charge >= 0.3 is 0 Å². The van der Waals surface area contributed by atoms with Crippen LogP contribution in [0.25, 0.3) is 0 Å². The van der Waals surface area contributed by atoms with Crippen LogP contribution in [-0.2, 0) is 11.3 Å². The first-order chi connectivity index (χ1) is 10.0. The number of hydrogen-bond donors (Lipinski definition) is 2. The van der Waals surface area contributed by atoms with Crippen molar-refractivity contribution in [2.75, 3.05) is 18.9 Å². The molecule has 1 amide bonds. The molecule has 0 spiro atoms. The van der Waals surface area contributed by atoms with Crippen molar-refractivity contribution in [1.29, 1.82) is 0 Å². The lowest BCUT2D eigenvalue weighted by Crippen LogP contribution is -3.08. The van der Waals surface area contributed by atoms with Crippen LogP contribution in [0, 0.1) is 5.82 Å². The first-order valence-corrected chi connectivity index (χ1v) is 7.44. The molecule has 0 bridgehead atoms. The Bertz CT molecular complexity index is 633. The Balaban J connectivity index is 1.89. The van der Waals surface area contributed by atoms with Gasteiger partial charge in [-0.1, -0.05) is 40.2 Å².